The molecule has 1 amide bonds. The largest absolute Gasteiger partial charge is 0.497 e. The summed E-state index contributed by atoms with van der Waals surface area (Å²) in [6.45, 7) is 0.476. The lowest BCUT2D eigenvalue weighted by Crippen LogP contribution is -2.07. The summed E-state index contributed by atoms with van der Waals surface area (Å²) >= 11 is 1.45. The molecule has 0 unspecified atom stereocenters. The normalized spacial score (nSPS) is 11.0. The predicted octanol–water partition coefficient (Wildman–Crippen LogP) is 5.54. The molecule has 0 aliphatic carbocycles. The molecule has 30 heavy (non-hydrogen) atoms. The standard InChI is InChI=1S/C24H20N2O3S/c1-28-19-11-8-18(9-12-19)16-29-20-13-6-17(7-14-20)10-15-23(27)26-24-25-21-4-2-3-5-22(21)30-24/h2-15H,16H2,1H3,(H,25,26,27)/b15-10+. The summed E-state index contributed by atoms with van der Waals surface area (Å²) < 4.78 is 12.0. The first-order valence-corrected chi connectivity index (χ1v) is 10.2. The fourth-order valence-electron chi connectivity index (χ4n) is 2.81. The van der Waals surface area contributed by atoms with E-state index in [1.165, 1.54) is 17.4 Å². The van der Waals surface area contributed by atoms with E-state index in [2.05, 4.69) is 10.3 Å². The summed E-state index contributed by atoms with van der Waals surface area (Å²) in [4.78, 5) is 16.6. The highest BCUT2D eigenvalue weighted by Crippen LogP contribution is 2.25. The number of carbonyl (C=O) groups is 1. The van der Waals surface area contributed by atoms with Gasteiger partial charge in [-0.15, -0.1) is 0 Å². The molecule has 1 heterocycles. The molecule has 0 bridgehead atoms. The number of carbonyl (C=O) groups excluding carboxylic acids is 1. The van der Waals surface area contributed by atoms with Gasteiger partial charge in [-0.05, 0) is 53.6 Å². The van der Waals surface area contributed by atoms with Crippen LogP contribution in [0.15, 0.2) is 78.9 Å². The summed E-state index contributed by atoms with van der Waals surface area (Å²) in [6, 6.07) is 23.1. The van der Waals surface area contributed by atoms with E-state index >= 15 is 0 Å². The third-order valence-corrected chi connectivity index (χ3v) is 5.35. The number of methoxy groups -OCH3 is 1. The van der Waals surface area contributed by atoms with E-state index in [-0.39, 0.29) is 5.91 Å². The molecule has 150 valence electrons. The van der Waals surface area contributed by atoms with Crippen molar-refractivity contribution >= 4 is 38.7 Å². The number of thiazole rings is 1. The van der Waals surface area contributed by atoms with E-state index in [4.69, 9.17) is 9.47 Å². The third kappa shape index (κ3) is 5.04. The highest BCUT2D eigenvalue weighted by molar-refractivity contribution is 7.22. The van der Waals surface area contributed by atoms with Crippen LogP contribution in [-0.4, -0.2) is 18.0 Å². The summed E-state index contributed by atoms with van der Waals surface area (Å²) in [5, 5.41) is 3.40. The molecule has 5 nitrogen and oxygen atoms in total. The van der Waals surface area contributed by atoms with Crippen LogP contribution in [-0.2, 0) is 11.4 Å². The number of hydrogen-bond acceptors (Lipinski definition) is 5. The van der Waals surface area contributed by atoms with Crippen LogP contribution in [0, 0.1) is 0 Å². The van der Waals surface area contributed by atoms with Crippen LogP contribution < -0.4 is 14.8 Å². The topological polar surface area (TPSA) is 60.5 Å². The van der Waals surface area contributed by atoms with Crippen molar-refractivity contribution in [3.63, 3.8) is 0 Å². The number of ether oxygens (including phenoxy) is 2. The number of para-hydroxylation sites is 1. The van der Waals surface area contributed by atoms with Gasteiger partial charge in [0.1, 0.15) is 18.1 Å². The molecular weight excluding hydrogens is 396 g/mol. The molecule has 0 saturated heterocycles. The molecule has 1 aromatic heterocycles. The van der Waals surface area contributed by atoms with Gasteiger partial charge in [0.15, 0.2) is 5.13 Å². The molecule has 4 rings (SSSR count). The van der Waals surface area contributed by atoms with Crippen molar-refractivity contribution in [1.29, 1.82) is 0 Å². The number of rotatable bonds is 7. The van der Waals surface area contributed by atoms with Crippen molar-refractivity contribution in [3.05, 3.63) is 90.0 Å². The fraction of sp³-hybridized carbons (Fsp3) is 0.0833. The molecule has 3 aromatic carbocycles. The zero-order chi connectivity index (χ0) is 20.8. The lowest BCUT2D eigenvalue weighted by molar-refractivity contribution is -0.111. The maximum Gasteiger partial charge on any atom is 0.250 e. The van der Waals surface area contributed by atoms with E-state index in [0.717, 1.165) is 32.8 Å². The van der Waals surface area contributed by atoms with Crippen molar-refractivity contribution in [3.8, 4) is 11.5 Å². The molecule has 0 aliphatic heterocycles. The Morgan fingerprint density at radius 1 is 1.00 bits per heavy atom. The molecule has 0 radical (unpaired) electrons. The number of anilines is 1. The predicted molar refractivity (Wildman–Crippen MR) is 121 cm³/mol. The Morgan fingerprint density at radius 3 is 2.47 bits per heavy atom. The minimum atomic E-state index is -0.214. The van der Waals surface area contributed by atoms with Crippen LogP contribution >= 0.6 is 11.3 Å². The molecule has 4 aromatic rings. The molecule has 6 heteroatoms. The van der Waals surface area contributed by atoms with Crippen molar-refractivity contribution in [1.82, 2.24) is 4.98 Å². The average molecular weight is 417 g/mol. The molecule has 0 fully saturated rings. The molecule has 0 atom stereocenters. The summed E-state index contributed by atoms with van der Waals surface area (Å²) in [7, 11) is 1.64. The highest BCUT2D eigenvalue weighted by atomic mass is 32.1. The Kier molecular flexibility index (Phi) is 6.06. The van der Waals surface area contributed by atoms with Crippen LogP contribution in [0.4, 0.5) is 5.13 Å². The SMILES string of the molecule is COc1ccc(COc2ccc(/C=C/C(=O)Nc3nc4ccccc4s3)cc2)cc1. The van der Waals surface area contributed by atoms with Crippen molar-refractivity contribution < 1.29 is 14.3 Å². The number of nitrogens with zero attached hydrogens (tertiary/aromatic N) is 1. The Balaban J connectivity index is 1.30. The molecule has 0 spiro atoms. The minimum absolute atomic E-state index is 0.214. The van der Waals surface area contributed by atoms with Gasteiger partial charge >= 0.3 is 0 Å². The second-order valence-electron chi connectivity index (χ2n) is 6.52. The zero-order valence-corrected chi connectivity index (χ0v) is 17.2. The number of aromatic nitrogens is 1. The van der Waals surface area contributed by atoms with Crippen LogP contribution in [0.5, 0.6) is 11.5 Å². The number of nitrogens with one attached hydrogen (secondary N) is 1. The summed E-state index contributed by atoms with van der Waals surface area (Å²) in [6.07, 6.45) is 3.26. The van der Waals surface area contributed by atoms with E-state index in [1.807, 2.05) is 72.8 Å². The van der Waals surface area contributed by atoms with Crippen molar-refractivity contribution in [2.45, 2.75) is 6.61 Å². The second kappa shape index (κ2) is 9.24. The first-order valence-electron chi connectivity index (χ1n) is 9.40. The molecular formula is C24H20N2O3S. The Labute approximate surface area is 178 Å². The van der Waals surface area contributed by atoms with E-state index in [9.17, 15) is 4.79 Å². The minimum Gasteiger partial charge on any atom is -0.497 e. The van der Waals surface area contributed by atoms with E-state index in [1.54, 1.807) is 13.2 Å². The number of fused-ring (bicyclic) bond motifs is 1. The lowest BCUT2D eigenvalue weighted by atomic mass is 10.2. The van der Waals surface area contributed by atoms with Crippen molar-refractivity contribution in [2.24, 2.45) is 0 Å². The first-order chi connectivity index (χ1) is 14.7. The Bertz CT molecular complexity index is 1130. The lowest BCUT2D eigenvalue weighted by Gasteiger charge is -2.07. The summed E-state index contributed by atoms with van der Waals surface area (Å²) in [5.41, 5.74) is 2.85. The van der Waals surface area contributed by atoms with Gasteiger partial charge in [0.2, 0.25) is 5.91 Å². The number of amides is 1. The monoisotopic (exact) mass is 416 g/mol. The quantitative estimate of drug-likeness (QED) is 0.402. The van der Waals surface area contributed by atoms with Gasteiger partial charge in [0, 0.05) is 6.08 Å². The Hall–Kier alpha value is -3.64. The molecule has 0 saturated carbocycles. The van der Waals surface area contributed by atoms with Gasteiger partial charge in [0.05, 0.1) is 17.3 Å². The first kappa shape index (κ1) is 19.7. The average Bonchev–Trinajstić information content (AvgIpc) is 3.19. The van der Waals surface area contributed by atoms with Gasteiger partial charge in [0.25, 0.3) is 0 Å². The van der Waals surface area contributed by atoms with Gasteiger partial charge in [-0.2, -0.15) is 0 Å². The molecule has 1 N–H and O–H groups in total. The van der Waals surface area contributed by atoms with Crippen LogP contribution in [0.1, 0.15) is 11.1 Å². The van der Waals surface area contributed by atoms with Crippen LogP contribution in [0.25, 0.3) is 16.3 Å². The second-order valence-corrected chi connectivity index (χ2v) is 7.55. The van der Waals surface area contributed by atoms with Crippen LogP contribution in [0.2, 0.25) is 0 Å². The van der Waals surface area contributed by atoms with Gasteiger partial charge in [-0.1, -0.05) is 47.7 Å². The van der Waals surface area contributed by atoms with E-state index in [0.29, 0.717) is 11.7 Å². The van der Waals surface area contributed by atoms with Gasteiger partial charge < -0.3 is 9.47 Å². The maximum absolute atomic E-state index is 12.2. The summed E-state index contributed by atoms with van der Waals surface area (Å²) in [5.74, 6) is 1.37. The van der Waals surface area contributed by atoms with Gasteiger partial charge in [-0.25, -0.2) is 4.98 Å². The maximum atomic E-state index is 12.2. The van der Waals surface area contributed by atoms with Gasteiger partial charge in [-0.3, -0.25) is 10.1 Å². The van der Waals surface area contributed by atoms with Crippen LogP contribution in [0.3, 0.4) is 0 Å². The third-order valence-electron chi connectivity index (χ3n) is 4.40. The number of hydrogen-bond donors (Lipinski definition) is 1. The van der Waals surface area contributed by atoms with Crippen molar-refractivity contribution in [2.75, 3.05) is 12.4 Å². The highest BCUT2D eigenvalue weighted by Gasteiger charge is 2.05. The van der Waals surface area contributed by atoms with E-state index < -0.39 is 0 Å². The zero-order valence-electron chi connectivity index (χ0n) is 16.4. The Morgan fingerprint density at radius 2 is 1.73 bits per heavy atom. The smallest absolute Gasteiger partial charge is 0.250 e. The molecule has 0 aliphatic rings. The number of benzene rings is 3. The fourth-order valence-corrected chi connectivity index (χ4v) is 3.68.